The summed E-state index contributed by atoms with van der Waals surface area (Å²) in [5.74, 6) is 0.665. The van der Waals surface area contributed by atoms with Gasteiger partial charge in [0.05, 0.1) is 23.9 Å². The second-order valence-electron chi connectivity index (χ2n) is 10.6. The number of aliphatic hydroxyl groups excluding tert-OH is 2. The Labute approximate surface area is 158 Å². The minimum Gasteiger partial charge on any atom is -0.481 e. The predicted molar refractivity (Wildman–Crippen MR) is 93.6 cm³/mol. The standard InChI is InChI=1S/C21H28O6/c1-18(2)17-20(18)8-11-9(14(25-17)15(20)24)5-6-21(26-11)12(22)7-10-13(23)16(21)27-19(10,3)4/h10,13-17,23-24H,5-8H2,1-4H3/t10-,13-,14+,15+,16-,17?,20?,21-/m1/s1. The third kappa shape index (κ3) is 1.61. The molecule has 148 valence electrons. The van der Waals surface area contributed by atoms with Gasteiger partial charge in [0.25, 0.3) is 0 Å². The minimum absolute atomic E-state index is 0.0360. The molecule has 4 bridgehead atoms. The summed E-state index contributed by atoms with van der Waals surface area (Å²) in [7, 11) is 0. The fourth-order valence-electron chi connectivity index (χ4n) is 7.14. The molecule has 2 unspecified atom stereocenters. The van der Waals surface area contributed by atoms with Gasteiger partial charge in [-0.05, 0) is 25.8 Å². The monoisotopic (exact) mass is 376 g/mol. The molecule has 6 rings (SSSR count). The predicted octanol–water partition coefficient (Wildman–Crippen LogP) is 1.48. The van der Waals surface area contributed by atoms with Crippen molar-refractivity contribution >= 4 is 5.78 Å². The fourth-order valence-corrected chi connectivity index (χ4v) is 7.14. The number of carbonyl (C=O) groups excluding carboxylic acids is 1. The van der Waals surface area contributed by atoms with Gasteiger partial charge in [-0.2, -0.15) is 0 Å². The maximum Gasteiger partial charge on any atom is 0.195 e. The van der Waals surface area contributed by atoms with E-state index in [-0.39, 0.29) is 41.2 Å². The molecule has 6 aliphatic rings. The van der Waals surface area contributed by atoms with Crippen molar-refractivity contribution < 1.29 is 29.2 Å². The van der Waals surface area contributed by atoms with Crippen LogP contribution in [0.4, 0.5) is 0 Å². The molecule has 2 N–H and O–H groups in total. The number of ether oxygens (including phenoxy) is 3. The van der Waals surface area contributed by atoms with Gasteiger partial charge in [0, 0.05) is 36.0 Å². The molecule has 4 fully saturated rings. The number of rotatable bonds is 0. The van der Waals surface area contributed by atoms with E-state index in [0.717, 1.165) is 11.3 Å². The molecule has 2 spiro atoms. The van der Waals surface area contributed by atoms with Crippen molar-refractivity contribution in [1.82, 2.24) is 0 Å². The molecule has 3 aliphatic carbocycles. The van der Waals surface area contributed by atoms with E-state index in [2.05, 4.69) is 13.8 Å². The molecule has 0 aromatic rings. The summed E-state index contributed by atoms with van der Waals surface area (Å²) in [6.07, 6.45) is -0.101. The molecule has 0 radical (unpaired) electrons. The van der Waals surface area contributed by atoms with Crippen molar-refractivity contribution in [3.8, 4) is 0 Å². The highest BCUT2D eigenvalue weighted by Gasteiger charge is 2.83. The highest BCUT2D eigenvalue weighted by atomic mass is 16.6. The molecule has 3 aliphatic heterocycles. The number of aliphatic hydroxyl groups is 2. The van der Waals surface area contributed by atoms with E-state index >= 15 is 0 Å². The summed E-state index contributed by atoms with van der Waals surface area (Å²) >= 11 is 0. The van der Waals surface area contributed by atoms with E-state index in [1.54, 1.807) is 0 Å². The Morgan fingerprint density at radius 1 is 1.15 bits per heavy atom. The molecule has 6 heteroatoms. The molecule has 3 heterocycles. The zero-order chi connectivity index (χ0) is 19.1. The molecule has 2 saturated heterocycles. The van der Waals surface area contributed by atoms with Gasteiger partial charge in [0.15, 0.2) is 11.4 Å². The lowest BCUT2D eigenvalue weighted by Crippen LogP contribution is -2.61. The first kappa shape index (κ1) is 17.0. The summed E-state index contributed by atoms with van der Waals surface area (Å²) in [5, 5.41) is 21.7. The Hall–Kier alpha value is -0.950. The second kappa shape index (κ2) is 4.45. The van der Waals surface area contributed by atoms with E-state index < -0.39 is 29.5 Å². The Morgan fingerprint density at radius 3 is 2.63 bits per heavy atom. The quantitative estimate of drug-likeness (QED) is 0.666. The van der Waals surface area contributed by atoms with Crippen LogP contribution in [-0.4, -0.2) is 57.7 Å². The summed E-state index contributed by atoms with van der Waals surface area (Å²) in [4.78, 5) is 13.2. The minimum atomic E-state index is -1.10. The second-order valence-corrected chi connectivity index (χ2v) is 10.6. The third-order valence-corrected chi connectivity index (χ3v) is 8.95. The van der Waals surface area contributed by atoms with Crippen LogP contribution in [0.1, 0.15) is 53.4 Å². The normalized spacial score (nSPS) is 56.0. The third-order valence-electron chi connectivity index (χ3n) is 8.95. The van der Waals surface area contributed by atoms with Crippen LogP contribution in [0.3, 0.4) is 0 Å². The van der Waals surface area contributed by atoms with Gasteiger partial charge in [-0.15, -0.1) is 0 Å². The molecule has 2 saturated carbocycles. The van der Waals surface area contributed by atoms with Crippen LogP contribution in [0.15, 0.2) is 11.3 Å². The summed E-state index contributed by atoms with van der Waals surface area (Å²) in [5.41, 5.74) is -1.04. The van der Waals surface area contributed by atoms with E-state index in [1.807, 2.05) is 13.8 Å². The van der Waals surface area contributed by atoms with Crippen LogP contribution in [-0.2, 0) is 19.0 Å². The number of hydrogen-bond donors (Lipinski definition) is 2. The average Bonchev–Trinajstić information content (AvgIpc) is 2.85. The van der Waals surface area contributed by atoms with Gasteiger partial charge in [-0.25, -0.2) is 0 Å². The van der Waals surface area contributed by atoms with E-state index in [0.29, 0.717) is 19.3 Å². The highest BCUT2D eigenvalue weighted by Crippen LogP contribution is 2.77. The Balaban J connectivity index is 1.39. The van der Waals surface area contributed by atoms with Crippen molar-refractivity contribution in [2.24, 2.45) is 16.7 Å². The van der Waals surface area contributed by atoms with Crippen LogP contribution in [0, 0.1) is 16.7 Å². The van der Waals surface area contributed by atoms with Crippen LogP contribution >= 0.6 is 0 Å². The van der Waals surface area contributed by atoms with Crippen molar-refractivity contribution in [2.45, 2.75) is 95.1 Å². The number of fused-ring (bicyclic) bond motifs is 5. The highest BCUT2D eigenvalue weighted by molar-refractivity contribution is 5.90. The van der Waals surface area contributed by atoms with Gasteiger partial charge < -0.3 is 24.4 Å². The molecular weight excluding hydrogens is 348 g/mol. The van der Waals surface area contributed by atoms with Crippen molar-refractivity contribution in [3.63, 3.8) is 0 Å². The van der Waals surface area contributed by atoms with Gasteiger partial charge in [-0.1, -0.05) is 13.8 Å². The maximum absolute atomic E-state index is 13.2. The molecule has 0 aromatic carbocycles. The van der Waals surface area contributed by atoms with E-state index in [1.165, 1.54) is 0 Å². The summed E-state index contributed by atoms with van der Waals surface area (Å²) < 4.78 is 18.9. The van der Waals surface area contributed by atoms with Crippen molar-refractivity contribution in [2.75, 3.05) is 0 Å². The van der Waals surface area contributed by atoms with Gasteiger partial charge in [0.2, 0.25) is 0 Å². The van der Waals surface area contributed by atoms with Crippen LogP contribution in [0.2, 0.25) is 0 Å². The first-order valence-corrected chi connectivity index (χ1v) is 10.2. The Bertz CT molecular complexity index is 798. The zero-order valence-corrected chi connectivity index (χ0v) is 16.3. The SMILES string of the molecule is CC1(C)O[C@@H]2[C@H](O)[C@H]1CC(=O)[C@]21CCC2=C(CC34C(O[C@@H]2[C@@H]3O)C4(C)C)O1. The molecule has 6 nitrogen and oxygen atoms in total. The van der Waals surface area contributed by atoms with Crippen molar-refractivity contribution in [1.29, 1.82) is 0 Å². The fraction of sp³-hybridized carbons (Fsp3) is 0.857. The maximum atomic E-state index is 13.2. The van der Waals surface area contributed by atoms with Crippen LogP contribution < -0.4 is 0 Å². The Kier molecular flexibility index (Phi) is 2.80. The number of ketones is 1. The van der Waals surface area contributed by atoms with Gasteiger partial charge >= 0.3 is 0 Å². The number of carbonyl (C=O) groups is 1. The molecule has 27 heavy (non-hydrogen) atoms. The first-order chi connectivity index (χ1) is 12.6. The van der Waals surface area contributed by atoms with Crippen molar-refractivity contribution in [3.05, 3.63) is 11.3 Å². The lowest BCUT2D eigenvalue weighted by Gasteiger charge is -2.48. The topological polar surface area (TPSA) is 85.2 Å². The van der Waals surface area contributed by atoms with Crippen LogP contribution in [0.25, 0.3) is 0 Å². The Morgan fingerprint density at radius 2 is 1.89 bits per heavy atom. The molecule has 8 atom stereocenters. The molecule has 0 aromatic heterocycles. The van der Waals surface area contributed by atoms with E-state index in [4.69, 9.17) is 14.2 Å². The van der Waals surface area contributed by atoms with Gasteiger partial charge in [0.1, 0.15) is 18.0 Å². The molecular formula is C21H28O6. The largest absolute Gasteiger partial charge is 0.481 e. The van der Waals surface area contributed by atoms with Gasteiger partial charge in [-0.3, -0.25) is 4.79 Å². The zero-order valence-electron chi connectivity index (χ0n) is 16.3. The molecule has 0 amide bonds. The first-order valence-electron chi connectivity index (χ1n) is 10.2. The number of allylic oxidation sites excluding steroid dienone is 1. The summed E-state index contributed by atoms with van der Waals surface area (Å²) in [6, 6.07) is 0. The smallest absolute Gasteiger partial charge is 0.195 e. The van der Waals surface area contributed by atoms with E-state index in [9.17, 15) is 15.0 Å². The lowest BCUT2D eigenvalue weighted by molar-refractivity contribution is -0.184. The summed E-state index contributed by atoms with van der Waals surface area (Å²) in [6.45, 7) is 8.15. The number of Topliss-reactive ketones (excluding diaryl/α,β-unsaturated/α-hetero) is 1. The lowest BCUT2D eigenvalue weighted by atomic mass is 9.67. The average molecular weight is 376 g/mol. The van der Waals surface area contributed by atoms with Crippen LogP contribution in [0.5, 0.6) is 0 Å². The number of hydrogen-bond acceptors (Lipinski definition) is 6.